The zero-order chi connectivity index (χ0) is 31.9. The summed E-state index contributed by atoms with van der Waals surface area (Å²) in [6.45, 7) is 16.3. The van der Waals surface area contributed by atoms with Gasteiger partial charge >= 0.3 is 14.3 Å². The summed E-state index contributed by atoms with van der Waals surface area (Å²) in [5.41, 5.74) is 2.45. The number of carbonyl (C=O) groups excluding carboxylic acids is 1. The maximum absolute atomic E-state index is 12.7. The fourth-order valence-corrected chi connectivity index (χ4v) is 10.0. The van der Waals surface area contributed by atoms with E-state index >= 15 is 0 Å². The second kappa shape index (κ2) is 12.2. The number of anilines is 1. The first-order chi connectivity index (χ1) is 21.4. The summed E-state index contributed by atoms with van der Waals surface area (Å²) in [5.74, 6) is 0. The lowest BCUT2D eigenvalue weighted by molar-refractivity contribution is 0.243. The standard InChI is InChI=1S/C36H41N2O4PSi2/c1-24(37-36(39)38-27-17-9-8-10-18-27)23-40-43-41-34-30(44(2,3)4)21-25-15-11-13-19-28(25)32(34)33-29-20-14-12-16-26(29)22-31(35(33)42-43)45(5,6)7/h8-22,24H,23H2,1-7H3,(H2,37,38,39). The van der Waals surface area contributed by atoms with Crippen LogP contribution in [0, 0.1) is 0 Å². The van der Waals surface area contributed by atoms with Crippen LogP contribution in [-0.4, -0.2) is 34.8 Å². The Balaban J connectivity index is 1.58. The number of urea groups is 1. The molecular formula is C36H41N2O4PSi2. The Kier molecular flexibility index (Phi) is 8.44. The van der Waals surface area contributed by atoms with Gasteiger partial charge in [-0.05, 0) is 51.0 Å². The molecule has 0 fully saturated rings. The average molecular weight is 653 g/mol. The van der Waals surface area contributed by atoms with Crippen LogP contribution in [0.4, 0.5) is 10.5 Å². The Labute approximate surface area is 267 Å². The van der Waals surface area contributed by atoms with E-state index < -0.39 is 24.4 Å². The number of fused-ring (bicyclic) bond motifs is 7. The van der Waals surface area contributed by atoms with Gasteiger partial charge < -0.3 is 19.0 Å². The van der Waals surface area contributed by atoms with Gasteiger partial charge in [0.05, 0.1) is 28.8 Å². The molecule has 0 bridgehead atoms. The molecule has 1 atom stereocenters. The van der Waals surface area contributed by atoms with Crippen molar-refractivity contribution in [3.05, 3.63) is 91.0 Å². The molecule has 0 spiro atoms. The molecule has 0 aliphatic heterocycles. The minimum absolute atomic E-state index is 0.226. The second-order valence-electron chi connectivity index (χ2n) is 13.8. The lowest BCUT2D eigenvalue weighted by atomic mass is 9.98. The first-order valence-corrected chi connectivity index (χ1v) is 23.5. The monoisotopic (exact) mass is 652 g/mol. The predicted octanol–water partition coefficient (Wildman–Crippen LogP) is 9.33. The van der Waals surface area contributed by atoms with E-state index in [1.807, 2.05) is 37.3 Å². The van der Waals surface area contributed by atoms with Crippen LogP contribution in [0.1, 0.15) is 6.92 Å². The van der Waals surface area contributed by atoms with Crippen molar-refractivity contribution in [3.63, 3.8) is 0 Å². The smallest absolute Gasteiger partial charge is 0.387 e. The minimum atomic E-state index is -1.91. The molecule has 2 N–H and O–H groups in total. The summed E-state index contributed by atoms with van der Waals surface area (Å²) in [7, 11) is -5.66. The highest BCUT2D eigenvalue weighted by atomic mass is 31.1. The molecule has 45 heavy (non-hydrogen) atoms. The van der Waals surface area contributed by atoms with Crippen LogP contribution in [-0.2, 0) is 0 Å². The van der Waals surface area contributed by atoms with Crippen molar-refractivity contribution < 1.29 is 17.7 Å². The van der Waals surface area contributed by atoms with Crippen LogP contribution in [0.25, 0.3) is 43.5 Å². The van der Waals surface area contributed by atoms with E-state index in [0.29, 0.717) is 0 Å². The van der Waals surface area contributed by atoms with E-state index in [0.717, 1.165) is 38.4 Å². The van der Waals surface area contributed by atoms with Crippen molar-refractivity contribution in [2.75, 3.05) is 11.9 Å². The van der Waals surface area contributed by atoms with Crippen molar-refractivity contribution in [1.29, 1.82) is 0 Å². The molecule has 5 aromatic carbocycles. The number of para-hydroxylation sites is 1. The molecule has 9 heteroatoms. The summed E-state index contributed by atoms with van der Waals surface area (Å²) in [5, 5.41) is 15.2. The molecule has 0 saturated heterocycles. The van der Waals surface area contributed by atoms with E-state index in [1.54, 1.807) is 0 Å². The van der Waals surface area contributed by atoms with Crippen LogP contribution >= 0.6 is 8.24 Å². The fraction of sp³-hybridized carbons (Fsp3) is 0.250. The van der Waals surface area contributed by atoms with Gasteiger partial charge in [0.25, 0.3) is 0 Å². The highest BCUT2D eigenvalue weighted by Crippen LogP contribution is 2.40. The molecule has 6 nitrogen and oxygen atoms in total. The number of rotatable bonds is 7. The third kappa shape index (κ3) is 6.47. The Morgan fingerprint density at radius 2 is 1.20 bits per heavy atom. The third-order valence-corrected chi connectivity index (χ3v) is 13.0. The second-order valence-corrected chi connectivity index (χ2v) is 24.9. The van der Waals surface area contributed by atoms with Gasteiger partial charge in [-0.2, -0.15) is 0 Å². The molecule has 0 saturated carbocycles. The van der Waals surface area contributed by atoms with Gasteiger partial charge in [0.1, 0.15) is 11.2 Å². The maximum Gasteiger partial charge on any atom is 0.387 e. The predicted molar refractivity (Wildman–Crippen MR) is 197 cm³/mol. The molecular weight excluding hydrogens is 612 g/mol. The summed E-state index contributed by atoms with van der Waals surface area (Å²) in [6, 6.07) is 30.6. The summed E-state index contributed by atoms with van der Waals surface area (Å²) in [4.78, 5) is 12.7. The Bertz CT molecular complexity index is 1970. The SMILES string of the molecule is CC(COp1oc2c([Si](C)(C)C)cc3ccccc3c2c2c(o1)c([Si](C)(C)C)cc1ccccc12)NC(=O)Nc1ccccc1. The van der Waals surface area contributed by atoms with E-state index in [4.69, 9.17) is 12.9 Å². The van der Waals surface area contributed by atoms with Gasteiger partial charge in [0.15, 0.2) is 0 Å². The van der Waals surface area contributed by atoms with E-state index in [2.05, 4.69) is 111 Å². The first-order valence-electron chi connectivity index (χ1n) is 15.4. The number of nitrogens with one attached hydrogen (secondary N) is 2. The molecule has 232 valence electrons. The summed E-state index contributed by atoms with van der Waals surface area (Å²) in [6.07, 6.45) is 0. The lowest BCUT2D eigenvalue weighted by Crippen LogP contribution is -2.39. The Morgan fingerprint density at radius 3 is 1.69 bits per heavy atom. The van der Waals surface area contributed by atoms with Crippen LogP contribution in [0.2, 0.25) is 39.3 Å². The van der Waals surface area contributed by atoms with Crippen LogP contribution in [0.5, 0.6) is 0 Å². The van der Waals surface area contributed by atoms with Gasteiger partial charge in [-0.25, -0.2) is 4.79 Å². The molecule has 1 unspecified atom stereocenters. The molecule has 6 aromatic rings. The van der Waals surface area contributed by atoms with Gasteiger partial charge in [-0.1, -0.05) is 118 Å². The molecule has 0 radical (unpaired) electrons. The molecule has 0 aliphatic rings. The number of hydrogen-bond acceptors (Lipinski definition) is 4. The van der Waals surface area contributed by atoms with Gasteiger partial charge in [-0.15, -0.1) is 0 Å². The van der Waals surface area contributed by atoms with Crippen LogP contribution < -0.4 is 25.5 Å². The van der Waals surface area contributed by atoms with E-state index in [-0.39, 0.29) is 18.7 Å². The molecule has 2 amide bonds. The maximum atomic E-state index is 12.7. The van der Waals surface area contributed by atoms with Gasteiger partial charge in [-0.3, -0.25) is 4.52 Å². The van der Waals surface area contributed by atoms with E-state index in [1.165, 1.54) is 21.1 Å². The first kappa shape index (κ1) is 31.2. The van der Waals surface area contributed by atoms with E-state index in [9.17, 15) is 4.79 Å². The summed E-state index contributed by atoms with van der Waals surface area (Å²) < 4.78 is 20.3. The summed E-state index contributed by atoms with van der Waals surface area (Å²) >= 11 is 0. The minimum Gasteiger partial charge on any atom is -0.399 e. The largest absolute Gasteiger partial charge is 0.399 e. The lowest BCUT2D eigenvalue weighted by Gasteiger charge is -2.20. The van der Waals surface area contributed by atoms with Crippen molar-refractivity contribution in [3.8, 4) is 0 Å². The zero-order valence-electron chi connectivity index (χ0n) is 27.0. The van der Waals surface area contributed by atoms with Gasteiger partial charge in [0, 0.05) is 16.5 Å². The Morgan fingerprint density at radius 1 is 0.733 bits per heavy atom. The van der Waals surface area contributed by atoms with Crippen molar-refractivity contribution in [1.82, 2.24) is 5.32 Å². The number of amides is 2. The van der Waals surface area contributed by atoms with Gasteiger partial charge in [0.2, 0.25) is 0 Å². The normalized spacial score (nSPS) is 13.0. The fourth-order valence-electron chi connectivity index (χ4n) is 5.80. The van der Waals surface area contributed by atoms with Crippen LogP contribution in [0.3, 0.4) is 0 Å². The highest BCUT2D eigenvalue weighted by Gasteiger charge is 2.28. The Hall–Kier alpha value is -3.82. The number of carbonyl (C=O) groups is 1. The average Bonchev–Trinajstić information content (AvgIpc) is 3.16. The highest BCUT2D eigenvalue weighted by molar-refractivity contribution is 7.32. The molecule has 6 rings (SSSR count). The zero-order valence-corrected chi connectivity index (χ0v) is 29.9. The van der Waals surface area contributed by atoms with Crippen molar-refractivity contribution >= 4 is 90.0 Å². The van der Waals surface area contributed by atoms with Crippen molar-refractivity contribution in [2.24, 2.45) is 0 Å². The quantitative estimate of drug-likeness (QED) is 0.169. The molecule has 0 aliphatic carbocycles. The van der Waals surface area contributed by atoms with Crippen molar-refractivity contribution in [2.45, 2.75) is 52.2 Å². The number of benzene rings is 5. The van der Waals surface area contributed by atoms with Crippen LogP contribution in [0.15, 0.2) is 99.4 Å². The molecule has 1 heterocycles. The molecule has 1 aromatic heterocycles. The number of hydrogen-bond donors (Lipinski definition) is 2. The topological polar surface area (TPSA) is 76.6 Å². The third-order valence-electron chi connectivity index (χ3n) is 8.04.